The molecule has 2 bridgehead atoms. The number of hydrogen-bond acceptors (Lipinski definition) is 4. The summed E-state index contributed by atoms with van der Waals surface area (Å²) in [5.74, 6) is 0.621. The molecule has 0 saturated carbocycles. The topological polar surface area (TPSA) is 23.5 Å². The van der Waals surface area contributed by atoms with Gasteiger partial charge in [-0.3, -0.25) is 0 Å². The quantitative estimate of drug-likeness (QED) is 0.866. The monoisotopic (exact) mass is 347 g/mol. The Morgan fingerprint density at radius 1 is 1.09 bits per heavy atom. The minimum atomic E-state index is -0.794. The number of hydrogen-bond donors (Lipinski definition) is 1. The van der Waals surface area contributed by atoms with E-state index in [0.29, 0.717) is 5.92 Å². The van der Waals surface area contributed by atoms with Gasteiger partial charge in [0.25, 0.3) is 0 Å². The van der Waals surface area contributed by atoms with Gasteiger partial charge in [0.1, 0.15) is 5.60 Å². The van der Waals surface area contributed by atoms with Crippen LogP contribution in [0.15, 0.2) is 35.0 Å². The van der Waals surface area contributed by atoms with Crippen molar-refractivity contribution in [2.45, 2.75) is 56.2 Å². The summed E-state index contributed by atoms with van der Waals surface area (Å²) in [6, 6.07) is 9.76. The maximum Gasteiger partial charge on any atom is 0.133 e. The van der Waals surface area contributed by atoms with Gasteiger partial charge in [-0.2, -0.15) is 0 Å². The standard InChI is InChI=1S/C19H25NOS2/c1-20-15-5-2-6-16(20)12-14(11-15)13-19(21,17-7-3-9-22-17)18-8-4-10-23-18/h3-4,7-10,14-16,21H,2,5-6,11-13H2,1H3/t14-,15+,16-. The van der Waals surface area contributed by atoms with Gasteiger partial charge in [0.15, 0.2) is 0 Å². The third-order valence-corrected chi connectivity index (χ3v) is 7.92. The van der Waals surface area contributed by atoms with Crippen molar-refractivity contribution < 1.29 is 5.11 Å². The van der Waals surface area contributed by atoms with Gasteiger partial charge in [0, 0.05) is 21.8 Å². The number of nitrogens with zero attached hydrogens (tertiary/aromatic N) is 1. The first-order valence-electron chi connectivity index (χ1n) is 8.69. The van der Waals surface area contributed by atoms with E-state index in [2.05, 4.69) is 47.0 Å². The molecule has 2 aromatic rings. The molecule has 3 atom stereocenters. The molecule has 2 saturated heterocycles. The van der Waals surface area contributed by atoms with Crippen molar-refractivity contribution in [1.82, 2.24) is 4.90 Å². The maximum atomic E-state index is 11.6. The minimum absolute atomic E-state index is 0.621. The molecule has 4 rings (SSSR count). The zero-order valence-corrected chi connectivity index (χ0v) is 15.3. The van der Waals surface area contributed by atoms with Crippen molar-refractivity contribution in [3.63, 3.8) is 0 Å². The largest absolute Gasteiger partial charge is 0.379 e. The zero-order chi connectivity index (χ0) is 15.9. The number of rotatable bonds is 4. The second-order valence-electron chi connectivity index (χ2n) is 7.26. The first-order valence-corrected chi connectivity index (χ1v) is 10.4. The fourth-order valence-corrected chi connectivity index (χ4v) is 6.43. The Morgan fingerprint density at radius 3 is 2.13 bits per heavy atom. The highest BCUT2D eigenvalue weighted by molar-refractivity contribution is 7.11. The third-order valence-electron chi connectivity index (χ3n) is 5.88. The van der Waals surface area contributed by atoms with E-state index >= 15 is 0 Å². The molecule has 4 heteroatoms. The first kappa shape index (κ1) is 15.8. The fraction of sp³-hybridized carbons (Fsp3) is 0.579. The van der Waals surface area contributed by atoms with Crippen molar-refractivity contribution in [3.05, 3.63) is 44.8 Å². The van der Waals surface area contributed by atoms with Crippen molar-refractivity contribution in [3.8, 4) is 0 Å². The summed E-state index contributed by atoms with van der Waals surface area (Å²) in [6.45, 7) is 0. The summed E-state index contributed by atoms with van der Waals surface area (Å²) in [6.07, 6.45) is 7.40. The van der Waals surface area contributed by atoms with Crippen molar-refractivity contribution in [2.24, 2.45) is 5.92 Å². The van der Waals surface area contributed by atoms with Crippen LogP contribution in [0.3, 0.4) is 0 Å². The van der Waals surface area contributed by atoms with Crippen LogP contribution in [-0.2, 0) is 5.60 Å². The van der Waals surface area contributed by atoms with Crippen molar-refractivity contribution in [2.75, 3.05) is 7.05 Å². The van der Waals surface area contributed by atoms with Crippen LogP contribution < -0.4 is 0 Å². The summed E-state index contributed by atoms with van der Waals surface area (Å²) >= 11 is 3.37. The highest BCUT2D eigenvalue weighted by atomic mass is 32.1. The molecule has 2 nitrogen and oxygen atoms in total. The molecule has 2 aliphatic rings. The van der Waals surface area contributed by atoms with Crippen LogP contribution in [-0.4, -0.2) is 29.1 Å². The van der Waals surface area contributed by atoms with E-state index in [-0.39, 0.29) is 0 Å². The lowest BCUT2D eigenvalue weighted by Gasteiger charge is -2.48. The summed E-state index contributed by atoms with van der Waals surface area (Å²) in [5.41, 5.74) is -0.794. The average Bonchev–Trinajstić information content (AvgIpc) is 3.22. The minimum Gasteiger partial charge on any atom is -0.379 e. The van der Waals surface area contributed by atoms with E-state index in [1.807, 2.05) is 0 Å². The Morgan fingerprint density at radius 2 is 1.65 bits per heavy atom. The van der Waals surface area contributed by atoms with E-state index in [1.54, 1.807) is 22.7 Å². The molecule has 0 amide bonds. The van der Waals surface area contributed by atoms with Crippen LogP contribution in [0.25, 0.3) is 0 Å². The number of aliphatic hydroxyl groups is 1. The summed E-state index contributed by atoms with van der Waals surface area (Å²) in [5, 5.41) is 15.8. The Balaban J connectivity index is 1.59. The Hall–Kier alpha value is -0.680. The molecule has 0 radical (unpaired) electrons. The molecule has 0 aromatic carbocycles. The average molecular weight is 348 g/mol. The van der Waals surface area contributed by atoms with Gasteiger partial charge in [-0.1, -0.05) is 18.6 Å². The molecule has 1 N–H and O–H groups in total. The molecule has 0 unspecified atom stereocenters. The molecule has 0 aliphatic carbocycles. The summed E-state index contributed by atoms with van der Waals surface area (Å²) in [4.78, 5) is 4.81. The van der Waals surface area contributed by atoms with E-state index in [9.17, 15) is 5.11 Å². The van der Waals surface area contributed by atoms with Gasteiger partial charge in [0.05, 0.1) is 0 Å². The van der Waals surface area contributed by atoms with Crippen LogP contribution in [0.5, 0.6) is 0 Å². The zero-order valence-electron chi connectivity index (χ0n) is 13.6. The van der Waals surface area contributed by atoms with Gasteiger partial charge in [-0.05, 0) is 68.0 Å². The Labute approximate surface area is 146 Å². The molecular weight excluding hydrogens is 322 g/mol. The van der Waals surface area contributed by atoms with Crippen LogP contribution in [0.1, 0.15) is 48.3 Å². The smallest absolute Gasteiger partial charge is 0.133 e. The molecule has 4 heterocycles. The van der Waals surface area contributed by atoms with E-state index in [0.717, 1.165) is 28.3 Å². The summed E-state index contributed by atoms with van der Waals surface area (Å²) in [7, 11) is 2.30. The highest BCUT2D eigenvalue weighted by Crippen LogP contribution is 2.45. The van der Waals surface area contributed by atoms with Crippen LogP contribution in [0.2, 0.25) is 0 Å². The summed E-state index contributed by atoms with van der Waals surface area (Å²) < 4.78 is 0. The first-order chi connectivity index (χ1) is 11.2. The second kappa shape index (κ2) is 6.32. The van der Waals surface area contributed by atoms with E-state index in [4.69, 9.17) is 0 Å². The molecule has 0 spiro atoms. The molecule has 2 fully saturated rings. The van der Waals surface area contributed by atoms with Crippen molar-refractivity contribution >= 4 is 22.7 Å². The van der Waals surface area contributed by atoms with Crippen LogP contribution in [0.4, 0.5) is 0 Å². The lowest BCUT2D eigenvalue weighted by Crippen LogP contribution is -2.50. The fourth-order valence-electron chi connectivity index (χ4n) is 4.66. The normalized spacial score (nSPS) is 28.9. The predicted octanol–water partition coefficient (Wildman–Crippen LogP) is 4.70. The molecular formula is C19H25NOS2. The SMILES string of the molecule is CN1[C@@H]2CCC[C@H]1C[C@@H](CC(O)(c1cccs1)c1cccs1)C2. The lowest BCUT2D eigenvalue weighted by atomic mass is 9.74. The molecule has 2 aromatic heterocycles. The predicted molar refractivity (Wildman–Crippen MR) is 98.2 cm³/mol. The van der Waals surface area contributed by atoms with E-state index < -0.39 is 5.60 Å². The third kappa shape index (κ3) is 2.91. The number of fused-ring (bicyclic) bond motifs is 2. The molecule has 124 valence electrons. The lowest BCUT2D eigenvalue weighted by molar-refractivity contribution is -0.00359. The van der Waals surface area contributed by atoms with Gasteiger partial charge < -0.3 is 10.0 Å². The Bertz CT molecular complexity index is 574. The van der Waals surface area contributed by atoms with Gasteiger partial charge in [-0.25, -0.2) is 0 Å². The van der Waals surface area contributed by atoms with Gasteiger partial charge in [-0.15, -0.1) is 22.7 Å². The molecule has 23 heavy (non-hydrogen) atoms. The second-order valence-corrected chi connectivity index (χ2v) is 9.16. The molecule has 2 aliphatic heterocycles. The van der Waals surface area contributed by atoms with Crippen LogP contribution in [0, 0.1) is 5.92 Å². The van der Waals surface area contributed by atoms with Gasteiger partial charge >= 0.3 is 0 Å². The number of thiophene rings is 2. The highest BCUT2D eigenvalue weighted by Gasteiger charge is 2.42. The van der Waals surface area contributed by atoms with Gasteiger partial charge in [0.2, 0.25) is 0 Å². The number of piperidine rings is 2. The van der Waals surface area contributed by atoms with Crippen molar-refractivity contribution in [1.29, 1.82) is 0 Å². The van der Waals surface area contributed by atoms with E-state index in [1.165, 1.54) is 32.1 Å². The maximum absolute atomic E-state index is 11.6. The van der Waals surface area contributed by atoms with Crippen LogP contribution >= 0.6 is 22.7 Å². The Kier molecular flexibility index (Phi) is 4.35.